The van der Waals surface area contributed by atoms with Crippen LogP contribution in [-0.4, -0.2) is 26.6 Å². The normalized spacial score (nSPS) is 12.0. The van der Waals surface area contributed by atoms with Crippen LogP contribution in [0, 0.1) is 5.92 Å². The first-order valence-electron chi connectivity index (χ1n) is 8.44. The van der Waals surface area contributed by atoms with E-state index in [1.165, 1.54) is 0 Å². The fourth-order valence-electron chi connectivity index (χ4n) is 2.47. The Hall–Kier alpha value is -1.66. The number of aromatic nitrogens is 3. The molecule has 6 nitrogen and oxygen atoms in total. The number of imidazole rings is 1. The van der Waals surface area contributed by atoms with Crippen molar-refractivity contribution in [2.24, 2.45) is 18.0 Å². The lowest BCUT2D eigenvalue weighted by Gasteiger charge is -2.14. The standard InChI is InChI=1S/C17H26Cl2N6/c1-5-20-17(22-9-13-8-14(18)16(19)24(13)4)23-10-15-21-6-7-25(15)11-12(2)3/h6-8,12H,5,9-11H2,1-4H3,(H2,20,22,23). The Labute approximate surface area is 159 Å². The van der Waals surface area contributed by atoms with Crippen LogP contribution in [0.15, 0.2) is 23.5 Å². The zero-order chi connectivity index (χ0) is 18.4. The topological polar surface area (TPSA) is 59.2 Å². The molecule has 0 saturated heterocycles. The maximum absolute atomic E-state index is 6.10. The van der Waals surface area contributed by atoms with E-state index in [2.05, 4.69) is 39.0 Å². The van der Waals surface area contributed by atoms with Gasteiger partial charge in [0.25, 0.3) is 0 Å². The number of aliphatic imine (C=N–C) groups is 1. The van der Waals surface area contributed by atoms with Crippen LogP contribution >= 0.6 is 23.2 Å². The van der Waals surface area contributed by atoms with Gasteiger partial charge in [0.05, 0.1) is 18.1 Å². The Balaban J connectivity index is 2.03. The first-order chi connectivity index (χ1) is 11.9. The molecule has 0 aliphatic carbocycles. The molecule has 0 radical (unpaired) electrons. The Morgan fingerprint density at radius 2 is 2.08 bits per heavy atom. The molecule has 0 amide bonds. The molecule has 25 heavy (non-hydrogen) atoms. The highest BCUT2D eigenvalue weighted by Gasteiger charge is 2.09. The van der Waals surface area contributed by atoms with Gasteiger partial charge in [-0.05, 0) is 18.9 Å². The molecule has 0 aliphatic rings. The summed E-state index contributed by atoms with van der Waals surface area (Å²) in [5, 5.41) is 7.64. The van der Waals surface area contributed by atoms with Crippen molar-refractivity contribution in [3.05, 3.63) is 40.2 Å². The lowest BCUT2D eigenvalue weighted by molar-refractivity contribution is 0.503. The molecule has 2 rings (SSSR count). The molecule has 2 aromatic rings. The summed E-state index contributed by atoms with van der Waals surface area (Å²) in [6.07, 6.45) is 3.84. The van der Waals surface area contributed by atoms with Crippen molar-refractivity contribution in [3.8, 4) is 0 Å². The molecule has 0 bridgehead atoms. The first-order valence-corrected chi connectivity index (χ1v) is 9.19. The van der Waals surface area contributed by atoms with Crippen LogP contribution in [0.25, 0.3) is 0 Å². The van der Waals surface area contributed by atoms with Gasteiger partial charge in [-0.2, -0.15) is 0 Å². The fourth-order valence-corrected chi connectivity index (χ4v) is 2.89. The molecule has 0 aliphatic heterocycles. The minimum Gasteiger partial charge on any atom is -0.357 e. The number of hydrogen-bond donors (Lipinski definition) is 2. The minimum absolute atomic E-state index is 0.485. The van der Waals surface area contributed by atoms with Crippen molar-refractivity contribution in [1.82, 2.24) is 24.8 Å². The highest BCUT2D eigenvalue weighted by Crippen LogP contribution is 2.25. The molecule has 8 heteroatoms. The van der Waals surface area contributed by atoms with Gasteiger partial charge in [-0.25, -0.2) is 9.98 Å². The second-order valence-corrected chi connectivity index (χ2v) is 7.04. The van der Waals surface area contributed by atoms with Crippen molar-refractivity contribution >= 4 is 29.2 Å². The van der Waals surface area contributed by atoms with Gasteiger partial charge in [0.15, 0.2) is 5.96 Å². The number of hydrogen-bond acceptors (Lipinski definition) is 2. The lowest BCUT2D eigenvalue weighted by Crippen LogP contribution is -2.37. The number of guanidine groups is 1. The van der Waals surface area contributed by atoms with Gasteiger partial charge in [0.2, 0.25) is 0 Å². The quantitative estimate of drug-likeness (QED) is 0.567. The summed E-state index contributed by atoms with van der Waals surface area (Å²) in [6.45, 7) is 9.25. The van der Waals surface area contributed by atoms with E-state index in [1.54, 1.807) is 0 Å². The van der Waals surface area contributed by atoms with Crippen LogP contribution in [0.2, 0.25) is 10.2 Å². The summed E-state index contributed by atoms with van der Waals surface area (Å²) >= 11 is 12.2. The molecule has 0 saturated carbocycles. The third-order valence-electron chi connectivity index (χ3n) is 3.74. The van der Waals surface area contributed by atoms with Crippen LogP contribution in [0.3, 0.4) is 0 Å². The third kappa shape index (κ3) is 5.41. The fraction of sp³-hybridized carbons (Fsp3) is 0.529. The second-order valence-electron chi connectivity index (χ2n) is 6.27. The average molecular weight is 385 g/mol. The predicted molar refractivity (Wildman–Crippen MR) is 104 cm³/mol. The summed E-state index contributed by atoms with van der Waals surface area (Å²) in [4.78, 5) is 9.04. The number of nitrogens with zero attached hydrogens (tertiary/aromatic N) is 4. The van der Waals surface area contributed by atoms with Crippen molar-refractivity contribution < 1.29 is 0 Å². The van der Waals surface area contributed by atoms with Gasteiger partial charge in [-0.3, -0.25) is 0 Å². The molecule has 0 aromatic carbocycles. The van der Waals surface area contributed by atoms with Gasteiger partial charge in [0.1, 0.15) is 11.0 Å². The minimum atomic E-state index is 0.485. The van der Waals surface area contributed by atoms with E-state index in [0.717, 1.165) is 30.6 Å². The van der Waals surface area contributed by atoms with E-state index in [1.807, 2.05) is 37.0 Å². The molecule has 2 aromatic heterocycles. The van der Waals surface area contributed by atoms with E-state index in [0.29, 0.717) is 29.2 Å². The SMILES string of the molecule is CCNC(=NCc1cc(Cl)c(Cl)n1C)NCc1nccn1CC(C)C. The second kappa shape index (κ2) is 9.15. The summed E-state index contributed by atoms with van der Waals surface area (Å²) in [6, 6.07) is 1.84. The molecule has 0 fully saturated rings. The Bertz CT molecular complexity index is 717. The van der Waals surface area contributed by atoms with Gasteiger partial charge in [0, 0.05) is 38.2 Å². The van der Waals surface area contributed by atoms with Crippen LogP contribution in [-0.2, 0) is 26.7 Å². The predicted octanol–water partition coefficient (Wildman–Crippen LogP) is 3.44. The van der Waals surface area contributed by atoms with E-state index in [4.69, 9.17) is 23.2 Å². The molecule has 0 spiro atoms. The smallest absolute Gasteiger partial charge is 0.192 e. The molecular formula is C17H26Cl2N6. The van der Waals surface area contributed by atoms with E-state index < -0.39 is 0 Å². The molecule has 2 N–H and O–H groups in total. The van der Waals surface area contributed by atoms with Gasteiger partial charge < -0.3 is 19.8 Å². The summed E-state index contributed by atoms with van der Waals surface area (Å²) in [5.41, 5.74) is 0.952. The molecule has 0 unspecified atom stereocenters. The van der Waals surface area contributed by atoms with E-state index in [-0.39, 0.29) is 0 Å². The van der Waals surface area contributed by atoms with E-state index in [9.17, 15) is 0 Å². The van der Waals surface area contributed by atoms with Crippen LogP contribution < -0.4 is 10.6 Å². The van der Waals surface area contributed by atoms with E-state index >= 15 is 0 Å². The molecular weight excluding hydrogens is 359 g/mol. The number of rotatable bonds is 7. The molecule has 0 atom stereocenters. The third-order valence-corrected chi connectivity index (χ3v) is 4.58. The molecule has 2 heterocycles. The first kappa shape index (κ1) is 19.7. The van der Waals surface area contributed by atoms with Crippen LogP contribution in [0.1, 0.15) is 32.3 Å². The summed E-state index contributed by atoms with van der Waals surface area (Å²) < 4.78 is 4.00. The van der Waals surface area contributed by atoms with Crippen LogP contribution in [0.4, 0.5) is 0 Å². The zero-order valence-corrected chi connectivity index (χ0v) is 16.7. The van der Waals surface area contributed by atoms with Gasteiger partial charge in [-0.1, -0.05) is 37.0 Å². The maximum Gasteiger partial charge on any atom is 0.192 e. The maximum atomic E-state index is 6.10. The summed E-state index contributed by atoms with van der Waals surface area (Å²) in [5.74, 6) is 2.29. The van der Waals surface area contributed by atoms with Gasteiger partial charge in [-0.15, -0.1) is 0 Å². The van der Waals surface area contributed by atoms with Gasteiger partial charge >= 0.3 is 0 Å². The summed E-state index contributed by atoms with van der Waals surface area (Å²) in [7, 11) is 1.88. The van der Waals surface area contributed by atoms with Crippen molar-refractivity contribution in [2.45, 2.75) is 40.4 Å². The largest absolute Gasteiger partial charge is 0.357 e. The Kier molecular flexibility index (Phi) is 7.20. The lowest BCUT2D eigenvalue weighted by atomic mass is 10.2. The highest BCUT2D eigenvalue weighted by atomic mass is 35.5. The molecule has 138 valence electrons. The Morgan fingerprint density at radius 1 is 1.32 bits per heavy atom. The van der Waals surface area contributed by atoms with Crippen LogP contribution in [0.5, 0.6) is 0 Å². The average Bonchev–Trinajstić information content (AvgIpc) is 3.09. The number of nitrogens with one attached hydrogen (secondary N) is 2. The van der Waals surface area contributed by atoms with Crippen molar-refractivity contribution in [3.63, 3.8) is 0 Å². The zero-order valence-electron chi connectivity index (χ0n) is 15.2. The monoisotopic (exact) mass is 384 g/mol. The highest BCUT2D eigenvalue weighted by molar-refractivity contribution is 6.41. The number of halogens is 2. The van der Waals surface area contributed by atoms with Crippen molar-refractivity contribution in [1.29, 1.82) is 0 Å². The Morgan fingerprint density at radius 3 is 2.68 bits per heavy atom. The van der Waals surface area contributed by atoms with Crippen molar-refractivity contribution in [2.75, 3.05) is 6.54 Å².